The molecule has 344 valence electrons. The minimum atomic E-state index is 0.263. The second-order valence-corrected chi connectivity index (χ2v) is 23.9. The summed E-state index contributed by atoms with van der Waals surface area (Å²) >= 11 is 3.62. The Balaban J connectivity index is 0.000000129. The summed E-state index contributed by atoms with van der Waals surface area (Å²) in [5.41, 5.74) is 24.6. The molecular weight excluding hydrogens is 861 g/mol. The number of hydrogen-bond donors (Lipinski definition) is 2. The number of anilines is 1. The topological polar surface area (TPSA) is 73.7 Å². The molecule has 8 aliphatic carbocycles. The lowest BCUT2D eigenvalue weighted by Crippen LogP contribution is -2.55. The molecule has 0 unspecified atom stereocenters. The van der Waals surface area contributed by atoms with Crippen molar-refractivity contribution in [3.05, 3.63) is 98.8 Å². The van der Waals surface area contributed by atoms with Gasteiger partial charge in [0.1, 0.15) is 0 Å². The number of aryl methyl sites for hydroxylation is 6. The average molecular weight is 936 g/mol. The Kier molecular flexibility index (Phi) is 11.7. The number of fused-ring (bicyclic) bond motifs is 2. The van der Waals surface area contributed by atoms with E-state index in [1.165, 1.54) is 144 Å². The van der Waals surface area contributed by atoms with Gasteiger partial charge >= 0.3 is 0 Å². The second-order valence-electron chi connectivity index (χ2n) is 23.2. The Bertz CT molecular complexity index is 2650. The Labute approximate surface area is 398 Å². The van der Waals surface area contributed by atoms with Gasteiger partial charge in [0.15, 0.2) is 4.73 Å². The first-order valence-corrected chi connectivity index (χ1v) is 26.2. The molecule has 8 bridgehead atoms. The fraction of sp³-hybridized carbons (Fsp3) is 0.552. The smallest absolute Gasteiger partial charge is 0.204 e. The van der Waals surface area contributed by atoms with Crippen LogP contribution in [0.25, 0.3) is 44.3 Å². The number of halogens is 1. The van der Waals surface area contributed by atoms with Crippen molar-refractivity contribution in [2.75, 3.05) is 5.32 Å². The fourth-order valence-electron chi connectivity index (χ4n) is 15.6. The van der Waals surface area contributed by atoms with Crippen LogP contribution in [-0.2, 0) is 0 Å². The van der Waals surface area contributed by atoms with E-state index < -0.39 is 0 Å². The first kappa shape index (κ1) is 44.9. The van der Waals surface area contributed by atoms with E-state index in [4.69, 9.17) is 15.7 Å². The van der Waals surface area contributed by atoms with Crippen LogP contribution in [0.4, 0.5) is 5.95 Å². The van der Waals surface area contributed by atoms with Gasteiger partial charge in [-0.1, -0.05) is 59.7 Å². The molecule has 6 aromatic rings. The van der Waals surface area contributed by atoms with E-state index in [0.717, 1.165) is 57.2 Å². The molecule has 3 N–H and O–H groups in total. The zero-order chi connectivity index (χ0) is 45.7. The lowest BCUT2D eigenvalue weighted by Gasteiger charge is -2.57. The summed E-state index contributed by atoms with van der Waals surface area (Å²) in [5.74, 6) is 6.94. The maximum Gasteiger partial charge on any atom is 0.204 e. The molecule has 6 nitrogen and oxygen atoms in total. The molecule has 8 saturated carbocycles. The summed E-state index contributed by atoms with van der Waals surface area (Å²) < 4.78 is 5.58. The summed E-state index contributed by atoms with van der Waals surface area (Å²) in [6.45, 7) is 22.1. The van der Waals surface area contributed by atoms with Crippen LogP contribution in [-0.4, -0.2) is 30.2 Å². The van der Waals surface area contributed by atoms with Gasteiger partial charge < -0.3 is 20.2 Å². The highest BCUT2D eigenvalue weighted by molar-refractivity contribution is 9.10. The fourth-order valence-corrected chi connectivity index (χ4v) is 16.4. The van der Waals surface area contributed by atoms with Crippen molar-refractivity contribution in [3.63, 3.8) is 0 Å². The van der Waals surface area contributed by atoms with Crippen molar-refractivity contribution in [1.29, 1.82) is 0 Å². The highest BCUT2D eigenvalue weighted by Gasteiger charge is 2.52. The molecule has 65 heavy (non-hydrogen) atoms. The lowest BCUT2D eigenvalue weighted by atomic mass is 9.53. The minimum absolute atomic E-state index is 0.263. The van der Waals surface area contributed by atoms with Crippen molar-refractivity contribution >= 4 is 43.9 Å². The Morgan fingerprint density at radius 1 is 0.554 bits per heavy atom. The van der Waals surface area contributed by atoms with Crippen LogP contribution >= 0.6 is 15.9 Å². The monoisotopic (exact) mass is 935 g/mol. The lowest BCUT2D eigenvalue weighted by molar-refractivity contribution is 0.000360. The maximum absolute atomic E-state index is 6.32. The highest BCUT2D eigenvalue weighted by atomic mass is 79.9. The summed E-state index contributed by atoms with van der Waals surface area (Å²) in [6.07, 6.45) is 17.0. The van der Waals surface area contributed by atoms with E-state index in [1.807, 2.05) is 0 Å². The van der Waals surface area contributed by atoms with E-state index in [-0.39, 0.29) is 5.54 Å². The molecule has 8 fully saturated rings. The normalized spacial score (nSPS) is 28.3. The van der Waals surface area contributed by atoms with E-state index in [9.17, 15) is 0 Å². The summed E-state index contributed by atoms with van der Waals surface area (Å²) in [4.78, 5) is 10.1. The predicted molar refractivity (Wildman–Crippen MR) is 277 cm³/mol. The quantitative estimate of drug-likeness (QED) is 0.174. The standard InChI is InChI=1S/C29H37N3.C19H21BrN2.C10H17N/c1-17(2)32-25-8-6-7-24(26-19(4)9-18(3)10-20(26)5)27(25)30-28(32)31-29-14-21-11-22(15-29)13-23(12-21)16-29;1-11(2)22-16-8-6-7-15(18(16)21-19(22)20)17-13(4)9-12(3)10-14(17)5;11-10-4-7-1-8(5-10)3-9(2-7)6-10/h6-10,17,21-23H,11-16H2,1-5H3,(H,30,31);6-11H,1-5H3;7-9H,1-6,11H2. The van der Waals surface area contributed by atoms with Crippen molar-refractivity contribution in [2.45, 2.75) is 169 Å². The number of nitrogens with two attached hydrogens (primary N) is 1. The SMILES string of the molecule is Cc1cc(C)c(-c2cccc3c2nc(Br)n3C(C)C)c(C)c1.Cc1cc(C)c(-c2cccc3c2nc(NC24CC5CC(CC(C5)C2)C4)n3C(C)C)c(C)c1.NC12CC3CC(CC(C3)C1)C2. The first-order valence-electron chi connectivity index (χ1n) is 25.4. The minimum Gasteiger partial charge on any atom is -0.350 e. The predicted octanol–water partition coefficient (Wildman–Crippen LogP) is 15.5. The average Bonchev–Trinajstić information content (AvgIpc) is 3.73. The van der Waals surface area contributed by atoms with E-state index >= 15 is 0 Å². The number of rotatable bonds is 6. The first-order chi connectivity index (χ1) is 30.9. The molecule has 0 radical (unpaired) electrons. The van der Waals surface area contributed by atoms with Crippen LogP contribution < -0.4 is 11.1 Å². The third-order valence-electron chi connectivity index (χ3n) is 16.8. The molecule has 14 rings (SSSR count). The van der Waals surface area contributed by atoms with Crippen molar-refractivity contribution in [2.24, 2.45) is 41.2 Å². The highest BCUT2D eigenvalue weighted by Crippen LogP contribution is 2.57. The van der Waals surface area contributed by atoms with Crippen molar-refractivity contribution in [3.8, 4) is 22.3 Å². The largest absolute Gasteiger partial charge is 0.350 e. The second kappa shape index (κ2) is 17.0. The molecule has 0 saturated heterocycles. The zero-order valence-electron chi connectivity index (χ0n) is 41.1. The van der Waals surface area contributed by atoms with Crippen LogP contribution in [0, 0.1) is 77.0 Å². The molecule has 0 amide bonds. The van der Waals surface area contributed by atoms with Crippen LogP contribution in [0.5, 0.6) is 0 Å². The maximum atomic E-state index is 6.32. The van der Waals surface area contributed by atoms with Crippen molar-refractivity contribution < 1.29 is 0 Å². The van der Waals surface area contributed by atoms with E-state index in [2.05, 4.69) is 160 Å². The molecule has 8 aliphatic rings. The van der Waals surface area contributed by atoms with Gasteiger partial charge in [0.2, 0.25) is 5.95 Å². The van der Waals surface area contributed by atoms with Gasteiger partial charge in [0, 0.05) is 34.3 Å². The molecular formula is C58H75BrN6. The number of hydrogen-bond acceptors (Lipinski definition) is 4. The van der Waals surface area contributed by atoms with Crippen LogP contribution in [0.15, 0.2) is 65.4 Å². The molecule has 0 spiro atoms. The molecule has 7 heteroatoms. The summed E-state index contributed by atoms with van der Waals surface area (Å²) in [5, 5.41) is 4.09. The van der Waals surface area contributed by atoms with Gasteiger partial charge in [-0.3, -0.25) is 0 Å². The third kappa shape index (κ3) is 8.42. The zero-order valence-corrected chi connectivity index (χ0v) is 42.7. The van der Waals surface area contributed by atoms with Crippen LogP contribution in [0.3, 0.4) is 0 Å². The van der Waals surface area contributed by atoms with E-state index in [1.54, 1.807) is 0 Å². The Morgan fingerprint density at radius 3 is 1.31 bits per heavy atom. The number of para-hydroxylation sites is 2. The van der Waals surface area contributed by atoms with Gasteiger partial charge in [-0.15, -0.1) is 0 Å². The van der Waals surface area contributed by atoms with Gasteiger partial charge in [-0.25, -0.2) is 9.97 Å². The number of nitrogens with zero attached hydrogens (tertiary/aromatic N) is 4. The number of benzene rings is 4. The van der Waals surface area contributed by atoms with Gasteiger partial charge in [-0.2, -0.15) is 0 Å². The summed E-state index contributed by atoms with van der Waals surface area (Å²) in [6, 6.07) is 23.0. The molecule has 0 atom stereocenters. The number of aromatic nitrogens is 4. The van der Waals surface area contributed by atoms with Crippen molar-refractivity contribution in [1.82, 2.24) is 19.1 Å². The van der Waals surface area contributed by atoms with Gasteiger partial charge in [-0.05, 0) is 243 Å². The van der Waals surface area contributed by atoms with Crippen LogP contribution in [0.1, 0.15) is 150 Å². The molecule has 2 heterocycles. The van der Waals surface area contributed by atoms with Crippen LogP contribution in [0.2, 0.25) is 0 Å². The molecule has 2 aromatic heterocycles. The molecule has 4 aromatic carbocycles. The Morgan fingerprint density at radius 2 is 0.923 bits per heavy atom. The van der Waals surface area contributed by atoms with E-state index in [0.29, 0.717) is 17.6 Å². The van der Waals surface area contributed by atoms with Gasteiger partial charge in [0.25, 0.3) is 0 Å². The summed E-state index contributed by atoms with van der Waals surface area (Å²) in [7, 11) is 0. The van der Waals surface area contributed by atoms with Gasteiger partial charge in [0.05, 0.1) is 22.1 Å². The number of imidazole rings is 2. The Hall–Kier alpha value is -3.94. The third-order valence-corrected chi connectivity index (χ3v) is 17.4. The number of nitrogens with one attached hydrogen (secondary N) is 1. The molecule has 0 aliphatic heterocycles.